The number of nitrogens with two attached hydrogens (primary N) is 1. The Morgan fingerprint density at radius 2 is 2.37 bits per heavy atom. The first kappa shape index (κ1) is 12.2. The minimum atomic E-state index is 0.423. The van der Waals surface area contributed by atoms with Crippen LogP contribution in [0.4, 0.5) is 11.8 Å². The maximum atomic E-state index is 5.45. The molecule has 4 N–H and O–H groups in total. The van der Waals surface area contributed by atoms with Gasteiger partial charge < -0.3 is 4.90 Å². The van der Waals surface area contributed by atoms with E-state index in [0.29, 0.717) is 12.0 Å². The summed E-state index contributed by atoms with van der Waals surface area (Å²) in [7, 11) is 0. The lowest BCUT2D eigenvalue weighted by atomic mass is 10.00. The van der Waals surface area contributed by atoms with Gasteiger partial charge in [-0.15, -0.1) is 0 Å². The molecule has 1 aliphatic rings. The number of hydrogen-bond acceptors (Lipinski definition) is 6. The maximum Gasteiger partial charge on any atom is 0.241 e. The zero-order valence-electron chi connectivity index (χ0n) is 11.1. The zero-order chi connectivity index (χ0) is 13.2. The first-order chi connectivity index (χ1) is 9.33. The number of piperidine rings is 1. The fraction of sp³-hybridized carbons (Fsp3) is 0.583. The van der Waals surface area contributed by atoms with Gasteiger partial charge in [-0.2, -0.15) is 15.1 Å². The Morgan fingerprint density at radius 1 is 1.47 bits per heavy atom. The van der Waals surface area contributed by atoms with E-state index in [-0.39, 0.29) is 0 Å². The molecule has 2 aromatic heterocycles. The third-order valence-corrected chi connectivity index (χ3v) is 3.79. The third kappa shape index (κ3) is 2.10. The number of aromatic amines is 1. The highest BCUT2D eigenvalue weighted by Crippen LogP contribution is 2.30. The minimum absolute atomic E-state index is 0.423. The molecule has 19 heavy (non-hydrogen) atoms. The second-order valence-corrected chi connectivity index (χ2v) is 4.90. The molecule has 3 rings (SSSR count). The second-order valence-electron chi connectivity index (χ2n) is 4.90. The molecule has 0 radical (unpaired) electrons. The lowest BCUT2D eigenvalue weighted by Gasteiger charge is -2.36. The van der Waals surface area contributed by atoms with E-state index < -0.39 is 0 Å². The molecule has 0 aliphatic carbocycles. The molecule has 102 valence electrons. The number of nitrogen functional groups attached to an aromatic ring is 1. The van der Waals surface area contributed by atoms with E-state index in [0.717, 1.165) is 29.8 Å². The van der Waals surface area contributed by atoms with Crippen LogP contribution in [-0.2, 0) is 0 Å². The predicted molar refractivity (Wildman–Crippen MR) is 74.8 cm³/mol. The van der Waals surface area contributed by atoms with Crippen molar-refractivity contribution in [1.29, 1.82) is 0 Å². The molecule has 7 heteroatoms. The fourth-order valence-electron chi connectivity index (χ4n) is 2.81. The lowest BCUT2D eigenvalue weighted by molar-refractivity contribution is 0.448. The van der Waals surface area contributed by atoms with Gasteiger partial charge in [0, 0.05) is 12.6 Å². The van der Waals surface area contributed by atoms with Crippen molar-refractivity contribution in [2.24, 2.45) is 5.84 Å². The Bertz CT molecular complexity index is 564. The first-order valence-corrected chi connectivity index (χ1v) is 6.78. The number of anilines is 2. The summed E-state index contributed by atoms with van der Waals surface area (Å²) < 4.78 is 0. The summed E-state index contributed by atoms with van der Waals surface area (Å²) in [4.78, 5) is 11.2. The second kappa shape index (κ2) is 5.00. The Balaban J connectivity index is 2.08. The molecule has 1 unspecified atom stereocenters. The van der Waals surface area contributed by atoms with Crippen LogP contribution in [0.15, 0.2) is 6.20 Å². The van der Waals surface area contributed by atoms with Crippen LogP contribution in [-0.4, -0.2) is 32.8 Å². The van der Waals surface area contributed by atoms with Gasteiger partial charge in [0.25, 0.3) is 0 Å². The van der Waals surface area contributed by atoms with Crippen LogP contribution < -0.4 is 16.2 Å². The standard InChI is InChI=1S/C12H19N7/c1-2-8-5-3-4-6-19(8)11-9-7-14-18-10(9)15-12(16-11)17-13/h7-8H,2-6,13H2,1H3,(H2,14,15,16,17,18). The number of fused-ring (bicyclic) bond motifs is 1. The van der Waals surface area contributed by atoms with Crippen molar-refractivity contribution in [1.82, 2.24) is 20.2 Å². The van der Waals surface area contributed by atoms with Crippen molar-refractivity contribution >= 4 is 22.8 Å². The molecule has 2 aromatic rings. The smallest absolute Gasteiger partial charge is 0.241 e. The molecular weight excluding hydrogens is 242 g/mol. The van der Waals surface area contributed by atoms with E-state index in [2.05, 4.69) is 37.4 Å². The summed E-state index contributed by atoms with van der Waals surface area (Å²) in [5, 5.41) is 7.90. The van der Waals surface area contributed by atoms with Gasteiger partial charge >= 0.3 is 0 Å². The number of nitrogens with one attached hydrogen (secondary N) is 2. The van der Waals surface area contributed by atoms with Crippen LogP contribution in [0, 0.1) is 0 Å². The SMILES string of the molecule is CCC1CCCCN1c1nc(NN)nc2[nH]ncc12. The molecule has 7 nitrogen and oxygen atoms in total. The number of hydrogen-bond donors (Lipinski definition) is 3. The first-order valence-electron chi connectivity index (χ1n) is 6.78. The fourth-order valence-corrected chi connectivity index (χ4v) is 2.81. The van der Waals surface area contributed by atoms with E-state index in [1.807, 2.05) is 0 Å². The van der Waals surface area contributed by atoms with E-state index >= 15 is 0 Å². The molecule has 1 fully saturated rings. The largest absolute Gasteiger partial charge is 0.353 e. The average Bonchev–Trinajstić information content (AvgIpc) is 2.94. The van der Waals surface area contributed by atoms with E-state index in [4.69, 9.17) is 5.84 Å². The molecule has 0 spiro atoms. The van der Waals surface area contributed by atoms with E-state index in [9.17, 15) is 0 Å². The van der Waals surface area contributed by atoms with Crippen LogP contribution in [0.2, 0.25) is 0 Å². The van der Waals surface area contributed by atoms with Gasteiger partial charge in [0.2, 0.25) is 5.95 Å². The van der Waals surface area contributed by atoms with Crippen molar-refractivity contribution < 1.29 is 0 Å². The maximum absolute atomic E-state index is 5.45. The predicted octanol–water partition coefficient (Wildman–Crippen LogP) is 1.41. The molecule has 0 aromatic carbocycles. The molecule has 3 heterocycles. The van der Waals surface area contributed by atoms with Crippen LogP contribution in [0.5, 0.6) is 0 Å². The van der Waals surface area contributed by atoms with Crippen molar-refractivity contribution in [3.05, 3.63) is 6.20 Å². The Kier molecular flexibility index (Phi) is 3.20. The van der Waals surface area contributed by atoms with Crippen molar-refractivity contribution in [2.45, 2.75) is 38.6 Å². The number of H-pyrrole nitrogens is 1. The van der Waals surface area contributed by atoms with Crippen molar-refractivity contribution in [3.8, 4) is 0 Å². The molecule has 0 amide bonds. The summed E-state index contributed by atoms with van der Waals surface area (Å²) in [6.07, 6.45) is 6.61. The van der Waals surface area contributed by atoms with Crippen LogP contribution in [0.3, 0.4) is 0 Å². The third-order valence-electron chi connectivity index (χ3n) is 3.79. The average molecular weight is 261 g/mol. The van der Waals surface area contributed by atoms with Crippen LogP contribution in [0.25, 0.3) is 11.0 Å². The number of nitrogens with zero attached hydrogens (tertiary/aromatic N) is 4. The Labute approximate surface area is 111 Å². The quantitative estimate of drug-likeness (QED) is 0.571. The Hall–Kier alpha value is -1.89. The van der Waals surface area contributed by atoms with Gasteiger partial charge in [-0.05, 0) is 25.7 Å². The molecule has 0 saturated carbocycles. The topological polar surface area (TPSA) is 95.8 Å². The normalized spacial score (nSPS) is 19.9. The summed E-state index contributed by atoms with van der Waals surface area (Å²) in [6, 6.07) is 0.535. The molecule has 1 aliphatic heterocycles. The van der Waals surface area contributed by atoms with Gasteiger partial charge in [-0.1, -0.05) is 6.92 Å². The van der Waals surface area contributed by atoms with Gasteiger partial charge in [0.15, 0.2) is 5.65 Å². The summed E-state index contributed by atoms with van der Waals surface area (Å²) in [5.74, 6) is 6.80. The van der Waals surface area contributed by atoms with E-state index in [1.54, 1.807) is 6.20 Å². The zero-order valence-corrected chi connectivity index (χ0v) is 11.1. The monoisotopic (exact) mass is 261 g/mol. The lowest BCUT2D eigenvalue weighted by Crippen LogP contribution is -2.40. The molecule has 0 bridgehead atoms. The van der Waals surface area contributed by atoms with E-state index in [1.165, 1.54) is 19.3 Å². The number of aromatic nitrogens is 4. The summed E-state index contributed by atoms with van der Waals surface area (Å²) in [5.41, 5.74) is 3.25. The molecular formula is C12H19N7. The highest BCUT2D eigenvalue weighted by atomic mass is 15.3. The van der Waals surface area contributed by atoms with Gasteiger partial charge in [0.05, 0.1) is 11.6 Å². The number of hydrazine groups is 1. The van der Waals surface area contributed by atoms with Crippen LogP contribution >= 0.6 is 0 Å². The van der Waals surface area contributed by atoms with Gasteiger partial charge in [-0.3, -0.25) is 10.5 Å². The summed E-state index contributed by atoms with van der Waals surface area (Å²) in [6.45, 7) is 3.25. The summed E-state index contributed by atoms with van der Waals surface area (Å²) >= 11 is 0. The van der Waals surface area contributed by atoms with Crippen LogP contribution in [0.1, 0.15) is 32.6 Å². The highest BCUT2D eigenvalue weighted by Gasteiger charge is 2.25. The molecule has 1 atom stereocenters. The highest BCUT2D eigenvalue weighted by molar-refractivity contribution is 5.87. The van der Waals surface area contributed by atoms with Gasteiger partial charge in [-0.25, -0.2) is 5.84 Å². The van der Waals surface area contributed by atoms with Crippen molar-refractivity contribution in [2.75, 3.05) is 16.9 Å². The Morgan fingerprint density at radius 3 is 3.16 bits per heavy atom. The van der Waals surface area contributed by atoms with Gasteiger partial charge in [0.1, 0.15) is 5.82 Å². The number of rotatable bonds is 3. The minimum Gasteiger partial charge on any atom is -0.353 e. The van der Waals surface area contributed by atoms with Crippen molar-refractivity contribution in [3.63, 3.8) is 0 Å². The molecule has 1 saturated heterocycles.